The van der Waals surface area contributed by atoms with Crippen molar-refractivity contribution in [3.63, 3.8) is 0 Å². The van der Waals surface area contributed by atoms with Gasteiger partial charge < -0.3 is 0 Å². The molecule has 0 radical (unpaired) electrons. The van der Waals surface area contributed by atoms with E-state index < -0.39 is 8.17 Å². The van der Waals surface area contributed by atoms with E-state index in [0.717, 1.165) is 11.1 Å². The van der Waals surface area contributed by atoms with Crippen molar-refractivity contribution in [3.8, 4) is 11.5 Å². The molecule has 0 atom stereocenters. The third-order valence-corrected chi connectivity index (χ3v) is 3.53. The number of hydrogen-bond acceptors (Lipinski definition) is 4. The number of benzene rings is 1. The van der Waals surface area contributed by atoms with Crippen LogP contribution in [0.3, 0.4) is 0 Å². The fourth-order valence-corrected chi connectivity index (χ4v) is 2.22. The Morgan fingerprint density at radius 3 is 1.93 bits per heavy atom. The molecule has 0 spiro atoms. The molecule has 1 heterocycles. The summed E-state index contributed by atoms with van der Waals surface area (Å²) in [6.07, 6.45) is 0. The summed E-state index contributed by atoms with van der Waals surface area (Å²) in [6, 6.07) is 3.67. The van der Waals surface area contributed by atoms with Crippen molar-refractivity contribution in [3.05, 3.63) is 23.3 Å². The van der Waals surface area contributed by atoms with Crippen molar-refractivity contribution >= 4 is 8.17 Å². The van der Waals surface area contributed by atoms with Crippen LogP contribution in [0.15, 0.2) is 12.1 Å². The molecule has 0 aliphatic carbocycles. The molecule has 1 aliphatic rings. The Balaban J connectivity index is 2.41. The Kier molecular flexibility index (Phi) is 2.14. The highest BCUT2D eigenvalue weighted by Crippen LogP contribution is 2.64. The van der Waals surface area contributed by atoms with Gasteiger partial charge in [0.1, 0.15) is 0 Å². The van der Waals surface area contributed by atoms with Gasteiger partial charge in [0.05, 0.1) is 7.11 Å². The summed E-state index contributed by atoms with van der Waals surface area (Å²) in [5.74, 6) is 1.09. The Morgan fingerprint density at radius 2 is 1.57 bits per heavy atom. The summed E-state index contributed by atoms with van der Waals surface area (Å²) in [7, 11) is -1.76. The van der Waals surface area contributed by atoms with E-state index in [0.29, 0.717) is 11.5 Å². The molecule has 2 rings (SSSR count). The van der Waals surface area contributed by atoms with Gasteiger partial charge in [-0.3, -0.25) is 9.05 Å². The zero-order valence-corrected chi connectivity index (χ0v) is 9.17. The minimum Gasteiger partial charge on any atom is -0.250 e. The standard InChI is InChI=1S/C9H12O4P/c1-6-4-8-9(5-7(6)2)13-14(10,11-3)12-8/h4-5,10H,1-3H3/q+1. The molecular weight excluding hydrogens is 203 g/mol. The van der Waals surface area contributed by atoms with Crippen LogP contribution < -0.4 is 9.05 Å². The first kappa shape index (κ1) is 9.71. The normalized spacial score (nSPS) is 17.1. The molecule has 76 valence electrons. The quantitative estimate of drug-likeness (QED) is 0.730. The lowest BCUT2D eigenvalue weighted by Gasteiger charge is -2.02. The summed E-state index contributed by atoms with van der Waals surface area (Å²) in [6.45, 7) is 3.95. The van der Waals surface area contributed by atoms with Crippen LogP contribution in [0.1, 0.15) is 11.1 Å². The summed E-state index contributed by atoms with van der Waals surface area (Å²) in [5, 5.41) is 0. The lowest BCUT2D eigenvalue weighted by Crippen LogP contribution is -2.01. The number of hydrogen-bond donors (Lipinski definition) is 1. The number of aryl methyl sites for hydroxylation is 2. The molecule has 0 bridgehead atoms. The van der Waals surface area contributed by atoms with Crippen LogP contribution in [0.5, 0.6) is 11.5 Å². The SMILES string of the molecule is CO[P+]1(O)Oc2cc(C)c(C)cc2O1. The van der Waals surface area contributed by atoms with Crippen LogP contribution in [0.4, 0.5) is 0 Å². The predicted octanol–water partition coefficient (Wildman–Crippen LogP) is 2.39. The summed E-state index contributed by atoms with van der Waals surface area (Å²) in [4.78, 5) is 9.65. The Morgan fingerprint density at radius 1 is 1.14 bits per heavy atom. The molecule has 1 aliphatic heterocycles. The zero-order valence-electron chi connectivity index (χ0n) is 8.27. The molecule has 5 heteroatoms. The average Bonchev–Trinajstić information content (AvgIpc) is 2.43. The van der Waals surface area contributed by atoms with E-state index in [4.69, 9.17) is 13.6 Å². The fraction of sp³-hybridized carbons (Fsp3) is 0.333. The molecule has 0 unspecified atom stereocenters. The van der Waals surface area contributed by atoms with Gasteiger partial charge in [-0.05, 0) is 37.1 Å². The highest BCUT2D eigenvalue weighted by atomic mass is 31.2. The highest BCUT2D eigenvalue weighted by molar-refractivity contribution is 7.56. The lowest BCUT2D eigenvalue weighted by atomic mass is 10.1. The van der Waals surface area contributed by atoms with Crippen molar-refractivity contribution in [2.75, 3.05) is 7.11 Å². The fourth-order valence-electron chi connectivity index (χ4n) is 1.25. The first-order valence-electron chi connectivity index (χ1n) is 4.22. The average molecular weight is 215 g/mol. The van der Waals surface area contributed by atoms with E-state index in [1.54, 1.807) is 0 Å². The van der Waals surface area contributed by atoms with Crippen LogP contribution in [-0.4, -0.2) is 12.0 Å². The van der Waals surface area contributed by atoms with Gasteiger partial charge in [-0.1, -0.05) is 0 Å². The maximum atomic E-state index is 9.65. The lowest BCUT2D eigenvalue weighted by molar-refractivity contribution is 0.234. The largest absolute Gasteiger partial charge is 0.666 e. The van der Waals surface area contributed by atoms with Crippen molar-refractivity contribution in [1.29, 1.82) is 0 Å². The molecule has 0 saturated heterocycles. The van der Waals surface area contributed by atoms with Crippen molar-refractivity contribution in [2.24, 2.45) is 0 Å². The molecule has 0 saturated carbocycles. The summed E-state index contributed by atoms with van der Waals surface area (Å²) in [5.41, 5.74) is 2.19. The van der Waals surface area contributed by atoms with Gasteiger partial charge in [0.2, 0.25) is 11.5 Å². The van der Waals surface area contributed by atoms with Gasteiger partial charge in [-0.25, -0.2) is 0 Å². The van der Waals surface area contributed by atoms with Crippen LogP contribution in [0, 0.1) is 13.8 Å². The van der Waals surface area contributed by atoms with Crippen molar-refractivity contribution in [2.45, 2.75) is 13.8 Å². The molecule has 1 N–H and O–H groups in total. The molecule has 1 aromatic carbocycles. The minimum atomic E-state index is -3.12. The van der Waals surface area contributed by atoms with Crippen molar-refractivity contribution in [1.82, 2.24) is 0 Å². The van der Waals surface area contributed by atoms with Gasteiger partial charge in [0.15, 0.2) is 0 Å². The van der Waals surface area contributed by atoms with Crippen LogP contribution in [-0.2, 0) is 4.52 Å². The highest BCUT2D eigenvalue weighted by Gasteiger charge is 2.53. The second-order valence-corrected chi connectivity index (χ2v) is 4.88. The van der Waals surface area contributed by atoms with Gasteiger partial charge in [0.25, 0.3) is 0 Å². The number of rotatable bonds is 1. The van der Waals surface area contributed by atoms with E-state index in [-0.39, 0.29) is 0 Å². The maximum absolute atomic E-state index is 9.65. The van der Waals surface area contributed by atoms with Gasteiger partial charge in [-0.15, -0.1) is 4.52 Å². The first-order valence-corrected chi connectivity index (χ1v) is 5.71. The molecule has 4 nitrogen and oxygen atoms in total. The minimum absolute atomic E-state index is 0.547. The predicted molar refractivity (Wildman–Crippen MR) is 53.3 cm³/mol. The Bertz CT molecular complexity index is 346. The second kappa shape index (κ2) is 3.09. The summed E-state index contributed by atoms with van der Waals surface area (Å²) < 4.78 is 15.2. The van der Waals surface area contributed by atoms with Gasteiger partial charge in [-0.2, -0.15) is 4.89 Å². The molecule has 0 amide bonds. The van der Waals surface area contributed by atoms with E-state index >= 15 is 0 Å². The molecule has 0 aromatic heterocycles. The van der Waals surface area contributed by atoms with E-state index in [2.05, 4.69) is 0 Å². The molecule has 1 aromatic rings. The van der Waals surface area contributed by atoms with Gasteiger partial charge >= 0.3 is 8.17 Å². The second-order valence-electron chi connectivity index (χ2n) is 3.22. The third kappa shape index (κ3) is 1.46. The first-order chi connectivity index (χ1) is 6.54. The molecule has 14 heavy (non-hydrogen) atoms. The Labute approximate surface area is 83.1 Å². The van der Waals surface area contributed by atoms with Gasteiger partial charge in [0, 0.05) is 0 Å². The van der Waals surface area contributed by atoms with E-state index in [1.807, 2.05) is 26.0 Å². The zero-order chi connectivity index (χ0) is 10.3. The number of fused-ring (bicyclic) bond motifs is 1. The smallest absolute Gasteiger partial charge is 0.250 e. The monoisotopic (exact) mass is 215 g/mol. The van der Waals surface area contributed by atoms with Crippen LogP contribution in [0.25, 0.3) is 0 Å². The van der Waals surface area contributed by atoms with Crippen LogP contribution in [0.2, 0.25) is 0 Å². The Hall–Kier alpha value is -0.830. The van der Waals surface area contributed by atoms with E-state index in [1.165, 1.54) is 7.11 Å². The maximum Gasteiger partial charge on any atom is 0.666 e. The molecular formula is C9H12O4P+. The van der Waals surface area contributed by atoms with E-state index in [9.17, 15) is 4.89 Å². The van der Waals surface area contributed by atoms with Crippen LogP contribution >= 0.6 is 8.17 Å². The topological polar surface area (TPSA) is 47.9 Å². The molecule has 0 fully saturated rings. The third-order valence-electron chi connectivity index (χ3n) is 2.22. The van der Waals surface area contributed by atoms with Crippen molar-refractivity contribution < 1.29 is 18.5 Å². The summed E-state index contributed by atoms with van der Waals surface area (Å²) >= 11 is 0.